The normalized spacial score (nSPS) is 19.4. The maximum Gasteiger partial charge on any atom is 0.251 e. The molecule has 100 valence electrons. The molecule has 0 spiro atoms. The molecule has 1 amide bonds. The van der Waals surface area contributed by atoms with Gasteiger partial charge in [-0.2, -0.15) is 0 Å². The SMILES string of the molecule is CC(C)(C)[C@H]1CNC(=O)c2cc3cnc(Cl)[nH]c-3c21. The largest absolute Gasteiger partial charge is 0.351 e. The molecular formula is C14H16ClN3O. The Morgan fingerprint density at radius 2 is 2.16 bits per heavy atom. The van der Waals surface area contributed by atoms with Crippen molar-refractivity contribution in [2.75, 3.05) is 6.54 Å². The summed E-state index contributed by atoms with van der Waals surface area (Å²) in [5.41, 5.74) is 3.73. The van der Waals surface area contributed by atoms with E-state index in [4.69, 9.17) is 11.6 Å². The fraction of sp³-hybridized carbons (Fsp3) is 0.429. The predicted octanol–water partition coefficient (Wildman–Crippen LogP) is 3.04. The molecule has 0 unspecified atom stereocenters. The maximum absolute atomic E-state index is 12.0. The number of amides is 1. The number of aromatic amines is 1. The number of aromatic nitrogens is 2. The van der Waals surface area contributed by atoms with E-state index in [-0.39, 0.29) is 17.2 Å². The molecule has 1 atom stereocenters. The van der Waals surface area contributed by atoms with Gasteiger partial charge >= 0.3 is 0 Å². The van der Waals surface area contributed by atoms with E-state index in [0.717, 1.165) is 22.4 Å². The Hall–Kier alpha value is -1.55. The number of halogens is 1. The molecule has 3 aliphatic rings. The number of hydrogen-bond acceptors (Lipinski definition) is 2. The fourth-order valence-electron chi connectivity index (χ4n) is 2.78. The van der Waals surface area contributed by atoms with E-state index < -0.39 is 0 Å². The summed E-state index contributed by atoms with van der Waals surface area (Å²) in [7, 11) is 0. The molecule has 0 aromatic heterocycles. The van der Waals surface area contributed by atoms with E-state index in [9.17, 15) is 4.79 Å². The topological polar surface area (TPSA) is 57.8 Å². The number of fused-ring (bicyclic) bond motifs is 3. The van der Waals surface area contributed by atoms with Crippen LogP contribution in [0.15, 0.2) is 12.3 Å². The summed E-state index contributed by atoms with van der Waals surface area (Å²) in [4.78, 5) is 19.2. The van der Waals surface area contributed by atoms with Gasteiger partial charge in [0.05, 0.1) is 5.69 Å². The number of hydrogen-bond donors (Lipinski definition) is 2. The van der Waals surface area contributed by atoms with Gasteiger partial charge in [0.2, 0.25) is 0 Å². The zero-order chi connectivity index (χ0) is 13.8. The first-order valence-electron chi connectivity index (χ1n) is 6.33. The molecule has 2 N–H and O–H groups in total. The Labute approximate surface area is 116 Å². The lowest BCUT2D eigenvalue weighted by molar-refractivity contribution is 0.0929. The number of H-pyrrole nitrogens is 1. The van der Waals surface area contributed by atoms with E-state index in [1.165, 1.54) is 0 Å². The van der Waals surface area contributed by atoms with E-state index in [1.54, 1.807) is 6.20 Å². The van der Waals surface area contributed by atoms with Gasteiger partial charge in [0.1, 0.15) is 0 Å². The number of carbonyl (C=O) groups excluding carboxylic acids is 1. The third-order valence-corrected chi connectivity index (χ3v) is 3.99. The van der Waals surface area contributed by atoms with Crippen LogP contribution in [0.4, 0.5) is 0 Å². The van der Waals surface area contributed by atoms with Gasteiger partial charge in [-0.1, -0.05) is 20.8 Å². The van der Waals surface area contributed by atoms with E-state index in [1.807, 2.05) is 6.07 Å². The van der Waals surface area contributed by atoms with Crippen molar-refractivity contribution in [1.82, 2.24) is 15.3 Å². The lowest BCUT2D eigenvalue weighted by Crippen LogP contribution is -2.39. The van der Waals surface area contributed by atoms with Crippen LogP contribution >= 0.6 is 11.6 Å². The smallest absolute Gasteiger partial charge is 0.251 e. The molecule has 0 aromatic carbocycles. The van der Waals surface area contributed by atoms with Crippen molar-refractivity contribution in [2.45, 2.75) is 26.7 Å². The lowest BCUT2D eigenvalue weighted by atomic mass is 9.74. The molecule has 3 rings (SSSR count). The summed E-state index contributed by atoms with van der Waals surface area (Å²) in [5.74, 6) is 0.239. The van der Waals surface area contributed by atoms with Gasteiger partial charge in [-0.25, -0.2) is 4.98 Å². The zero-order valence-electron chi connectivity index (χ0n) is 11.2. The first-order valence-corrected chi connectivity index (χ1v) is 6.71. The molecule has 0 radical (unpaired) electrons. The molecule has 5 heteroatoms. The standard InChI is InChI=1S/C14H16ClN3O/c1-14(2,3)9-6-16-12(19)8-4-7-5-17-13(15)18-11(7)10(8)9/h4-5,9H,6H2,1-3H3,(H,16,19)(H,17,18)/t9-/m0/s1. The zero-order valence-corrected chi connectivity index (χ0v) is 11.9. The van der Waals surface area contributed by atoms with E-state index >= 15 is 0 Å². The van der Waals surface area contributed by atoms with Gasteiger partial charge < -0.3 is 10.3 Å². The molecule has 2 heterocycles. The first kappa shape index (κ1) is 12.5. The molecule has 2 aliphatic heterocycles. The second-order valence-electron chi connectivity index (χ2n) is 6.10. The van der Waals surface area contributed by atoms with Gasteiger partial charge in [0.15, 0.2) is 5.28 Å². The average Bonchev–Trinajstić information content (AvgIpc) is 2.68. The Balaban J connectivity index is 2.28. The first-order chi connectivity index (χ1) is 8.88. The quantitative estimate of drug-likeness (QED) is 0.727. The number of rotatable bonds is 0. The molecule has 0 fully saturated rings. The Morgan fingerprint density at radius 3 is 2.84 bits per heavy atom. The Kier molecular flexibility index (Phi) is 2.61. The van der Waals surface area contributed by atoms with Crippen molar-refractivity contribution >= 4 is 17.5 Å². The van der Waals surface area contributed by atoms with Crippen LogP contribution in [0.25, 0.3) is 11.3 Å². The average molecular weight is 278 g/mol. The van der Waals surface area contributed by atoms with Crippen molar-refractivity contribution in [3.05, 3.63) is 28.7 Å². The van der Waals surface area contributed by atoms with E-state index in [2.05, 4.69) is 36.1 Å². The summed E-state index contributed by atoms with van der Waals surface area (Å²) in [6.07, 6.45) is 1.71. The molecule has 0 saturated heterocycles. The third-order valence-electron chi connectivity index (χ3n) is 3.80. The Morgan fingerprint density at radius 1 is 1.42 bits per heavy atom. The third kappa shape index (κ3) is 1.91. The highest BCUT2D eigenvalue weighted by atomic mass is 35.5. The lowest BCUT2D eigenvalue weighted by Gasteiger charge is -2.35. The van der Waals surface area contributed by atoms with Crippen molar-refractivity contribution < 1.29 is 4.79 Å². The van der Waals surface area contributed by atoms with Crippen LogP contribution in [0.3, 0.4) is 0 Å². The molecule has 4 nitrogen and oxygen atoms in total. The van der Waals surface area contributed by atoms with Gasteiger partial charge in [-0.3, -0.25) is 4.79 Å². The van der Waals surface area contributed by atoms with Crippen LogP contribution in [-0.4, -0.2) is 22.4 Å². The number of nitrogens with one attached hydrogen (secondary N) is 2. The van der Waals surface area contributed by atoms with Crippen LogP contribution in [0.2, 0.25) is 5.28 Å². The van der Waals surface area contributed by atoms with E-state index in [0.29, 0.717) is 11.8 Å². The van der Waals surface area contributed by atoms with Crippen molar-refractivity contribution in [3.63, 3.8) is 0 Å². The number of nitrogens with zero attached hydrogens (tertiary/aromatic N) is 1. The minimum atomic E-state index is -0.0174. The highest BCUT2D eigenvalue weighted by Crippen LogP contribution is 2.44. The highest BCUT2D eigenvalue weighted by molar-refractivity contribution is 6.28. The minimum absolute atomic E-state index is 0.0174. The summed E-state index contributed by atoms with van der Waals surface area (Å²) >= 11 is 5.95. The van der Waals surface area contributed by atoms with Crippen LogP contribution < -0.4 is 5.32 Å². The second-order valence-corrected chi connectivity index (χ2v) is 6.46. The van der Waals surface area contributed by atoms with Crippen molar-refractivity contribution in [1.29, 1.82) is 0 Å². The summed E-state index contributed by atoms with van der Waals surface area (Å²) < 4.78 is 0. The highest BCUT2D eigenvalue weighted by Gasteiger charge is 2.37. The molecule has 19 heavy (non-hydrogen) atoms. The van der Waals surface area contributed by atoms with Crippen LogP contribution in [-0.2, 0) is 0 Å². The molecular weight excluding hydrogens is 262 g/mol. The van der Waals surface area contributed by atoms with Gasteiger partial charge in [-0.05, 0) is 28.6 Å². The monoisotopic (exact) mass is 277 g/mol. The van der Waals surface area contributed by atoms with Gasteiger partial charge in [-0.15, -0.1) is 0 Å². The van der Waals surface area contributed by atoms with Crippen LogP contribution in [0.1, 0.15) is 42.6 Å². The fourth-order valence-corrected chi connectivity index (χ4v) is 2.92. The molecule has 1 aliphatic carbocycles. The second kappa shape index (κ2) is 3.97. The molecule has 0 aromatic rings. The summed E-state index contributed by atoms with van der Waals surface area (Å²) in [6, 6.07) is 1.89. The summed E-state index contributed by atoms with van der Waals surface area (Å²) in [5, 5.41) is 3.31. The molecule has 0 bridgehead atoms. The molecule has 0 saturated carbocycles. The Bertz CT molecular complexity index is 626. The minimum Gasteiger partial charge on any atom is -0.351 e. The van der Waals surface area contributed by atoms with Gasteiger partial charge in [0, 0.05) is 29.8 Å². The van der Waals surface area contributed by atoms with Crippen LogP contribution in [0.5, 0.6) is 0 Å². The summed E-state index contributed by atoms with van der Waals surface area (Å²) in [6.45, 7) is 7.20. The number of carbonyl (C=O) groups is 1. The van der Waals surface area contributed by atoms with Gasteiger partial charge in [0.25, 0.3) is 5.91 Å². The van der Waals surface area contributed by atoms with Crippen LogP contribution in [0, 0.1) is 5.41 Å². The maximum atomic E-state index is 12.0. The predicted molar refractivity (Wildman–Crippen MR) is 74.7 cm³/mol. The van der Waals surface area contributed by atoms with Crippen molar-refractivity contribution in [2.24, 2.45) is 5.41 Å². The van der Waals surface area contributed by atoms with Crippen molar-refractivity contribution in [3.8, 4) is 11.3 Å².